The highest BCUT2D eigenvalue weighted by Crippen LogP contribution is 2.46. The molecule has 0 bridgehead atoms. The summed E-state index contributed by atoms with van der Waals surface area (Å²) in [5, 5.41) is 14.1. The van der Waals surface area contributed by atoms with E-state index in [2.05, 4.69) is 21.4 Å². The normalized spacial score (nSPS) is 28.4. The summed E-state index contributed by atoms with van der Waals surface area (Å²) < 4.78 is 39.0. The molecule has 5 amide bonds. The maximum atomic E-state index is 14.3. The van der Waals surface area contributed by atoms with Crippen LogP contribution in [0.3, 0.4) is 0 Å². The number of hydrogen-bond acceptors (Lipinski definition) is 10. The summed E-state index contributed by atoms with van der Waals surface area (Å²) >= 11 is 0. The van der Waals surface area contributed by atoms with Crippen molar-refractivity contribution >= 4 is 39.9 Å². The van der Waals surface area contributed by atoms with E-state index in [0.29, 0.717) is 31.2 Å². The lowest BCUT2D eigenvalue weighted by molar-refractivity contribution is -0.141. The molecule has 52 heavy (non-hydrogen) atoms. The Labute approximate surface area is 303 Å². The highest BCUT2D eigenvalue weighted by atomic mass is 32.2. The van der Waals surface area contributed by atoms with Crippen molar-refractivity contribution in [2.24, 2.45) is 5.92 Å². The standard InChI is InChI=1S/C36H46N6O9S/c1-35(2,3)51-33(46)38-28-10-8-6-4-5-7-9-25-17-36(25,32(45)40-52(48,49)27-13-14-27)39-30(43)29-16-26(21-42(29)31(28)44)50-34(47)41-19-23-12-11-22(18-37)15-24(23)20-41/h7,9,11-12,15,25-29H,4-6,8,10,13-14,16-17,19-21H2,1-3H3,(H,38,46)(H,39,43)(H,40,45)/b9-7+/t25-,26-,28+,29+,36-/m1/s1. The lowest BCUT2D eigenvalue weighted by Gasteiger charge is -2.30. The molecule has 2 saturated carbocycles. The molecule has 3 N–H and O–H groups in total. The van der Waals surface area contributed by atoms with Crippen LogP contribution < -0.4 is 15.4 Å². The molecule has 16 heteroatoms. The van der Waals surface area contributed by atoms with E-state index in [1.54, 1.807) is 39.0 Å². The smallest absolute Gasteiger partial charge is 0.410 e. The van der Waals surface area contributed by atoms with Gasteiger partial charge in [0.2, 0.25) is 21.8 Å². The first-order valence-corrected chi connectivity index (χ1v) is 19.5. The van der Waals surface area contributed by atoms with Crippen LogP contribution >= 0.6 is 0 Å². The Morgan fingerprint density at radius 2 is 1.81 bits per heavy atom. The van der Waals surface area contributed by atoms with Gasteiger partial charge in [-0.25, -0.2) is 18.0 Å². The van der Waals surface area contributed by atoms with E-state index in [1.807, 2.05) is 12.2 Å². The fraction of sp³-hybridized carbons (Fsp3) is 0.611. The number of rotatable bonds is 5. The molecule has 5 atom stereocenters. The molecule has 3 aliphatic heterocycles. The molecule has 2 aliphatic carbocycles. The van der Waals surface area contributed by atoms with Gasteiger partial charge in [-0.2, -0.15) is 5.26 Å². The molecule has 0 unspecified atom stereocenters. The van der Waals surface area contributed by atoms with Crippen LogP contribution in [0.2, 0.25) is 0 Å². The Morgan fingerprint density at radius 1 is 1.06 bits per heavy atom. The molecule has 3 fully saturated rings. The average Bonchev–Trinajstić information content (AvgIpc) is 3.96. The predicted octanol–water partition coefficient (Wildman–Crippen LogP) is 2.88. The first-order chi connectivity index (χ1) is 24.6. The van der Waals surface area contributed by atoms with Crippen molar-refractivity contribution in [1.29, 1.82) is 5.26 Å². The fourth-order valence-corrected chi connectivity index (χ4v) is 8.47. The molecule has 1 aromatic carbocycles. The Hall–Kier alpha value is -4.65. The van der Waals surface area contributed by atoms with Gasteiger partial charge >= 0.3 is 12.2 Å². The van der Waals surface area contributed by atoms with Crippen LogP contribution in [0.1, 0.15) is 95.2 Å². The Kier molecular flexibility index (Phi) is 10.3. The fourth-order valence-electron chi connectivity index (χ4n) is 7.11. The summed E-state index contributed by atoms with van der Waals surface area (Å²) in [5.41, 5.74) is -0.208. The molecule has 6 rings (SSSR count). The number of carbonyl (C=O) groups is 5. The van der Waals surface area contributed by atoms with E-state index in [0.717, 1.165) is 24.0 Å². The summed E-state index contributed by atoms with van der Waals surface area (Å²) in [6, 6.07) is 5.01. The van der Waals surface area contributed by atoms with Crippen molar-refractivity contribution in [3.05, 3.63) is 47.0 Å². The molecule has 15 nitrogen and oxygen atoms in total. The van der Waals surface area contributed by atoms with Gasteiger partial charge in [-0.1, -0.05) is 31.1 Å². The van der Waals surface area contributed by atoms with E-state index in [1.165, 1.54) is 9.80 Å². The van der Waals surface area contributed by atoms with E-state index >= 15 is 0 Å². The minimum absolute atomic E-state index is 0.0968. The number of benzene rings is 1. The second-order valence-electron chi connectivity index (χ2n) is 15.4. The number of fused-ring (bicyclic) bond motifs is 3. The molecular formula is C36H46N6O9S. The Morgan fingerprint density at radius 3 is 2.52 bits per heavy atom. The second-order valence-corrected chi connectivity index (χ2v) is 17.4. The zero-order chi connectivity index (χ0) is 37.4. The number of amides is 5. The minimum atomic E-state index is -3.91. The highest BCUT2D eigenvalue weighted by molar-refractivity contribution is 7.91. The molecule has 1 aromatic rings. The van der Waals surface area contributed by atoms with Gasteiger partial charge in [-0.05, 0) is 82.6 Å². The second kappa shape index (κ2) is 14.4. The highest BCUT2D eigenvalue weighted by Gasteiger charge is 2.62. The van der Waals surface area contributed by atoms with Crippen molar-refractivity contribution in [3.8, 4) is 6.07 Å². The number of alkyl carbamates (subject to hydrolysis) is 1. The number of ether oxygens (including phenoxy) is 2. The zero-order valence-electron chi connectivity index (χ0n) is 29.7. The van der Waals surface area contributed by atoms with Crippen molar-refractivity contribution in [2.45, 2.75) is 126 Å². The number of hydrogen-bond donors (Lipinski definition) is 3. The topological polar surface area (TPSA) is 204 Å². The van der Waals surface area contributed by atoms with E-state index in [-0.39, 0.29) is 38.9 Å². The van der Waals surface area contributed by atoms with E-state index < -0.39 is 80.4 Å². The monoisotopic (exact) mass is 738 g/mol. The molecule has 0 spiro atoms. The number of sulfonamides is 1. The summed E-state index contributed by atoms with van der Waals surface area (Å²) in [7, 11) is -3.91. The third-order valence-corrected chi connectivity index (χ3v) is 11.9. The summed E-state index contributed by atoms with van der Waals surface area (Å²) in [4.78, 5) is 71.2. The molecule has 1 saturated heterocycles. The van der Waals surface area contributed by atoms with E-state index in [9.17, 15) is 37.7 Å². The van der Waals surface area contributed by atoms with Gasteiger partial charge in [-0.15, -0.1) is 0 Å². The summed E-state index contributed by atoms with van der Waals surface area (Å²) in [6.45, 7) is 5.43. The van der Waals surface area contributed by atoms with Crippen LogP contribution in [0.5, 0.6) is 0 Å². The van der Waals surface area contributed by atoms with Gasteiger partial charge < -0.3 is 25.0 Å². The molecule has 0 aromatic heterocycles. The van der Waals surface area contributed by atoms with Crippen LogP contribution in [0.25, 0.3) is 0 Å². The third kappa shape index (κ3) is 8.35. The van der Waals surface area contributed by atoms with E-state index in [4.69, 9.17) is 9.47 Å². The number of carbonyl (C=O) groups excluding carboxylic acids is 5. The number of allylic oxidation sites excluding steroid dienone is 1. The lowest BCUT2D eigenvalue weighted by atomic mass is 10.0. The third-order valence-electron chi connectivity index (χ3n) is 10.1. The van der Waals surface area contributed by atoms with Gasteiger partial charge in [0.25, 0.3) is 5.91 Å². The summed E-state index contributed by atoms with van der Waals surface area (Å²) in [6.07, 6.45) is 5.37. The molecule has 280 valence electrons. The van der Waals surface area contributed by atoms with Crippen LogP contribution in [-0.2, 0) is 47.0 Å². The summed E-state index contributed by atoms with van der Waals surface area (Å²) in [5.74, 6) is -2.57. The maximum Gasteiger partial charge on any atom is 0.410 e. The number of nitrogens with one attached hydrogen (secondary N) is 3. The van der Waals surface area contributed by atoms with Gasteiger partial charge in [0.15, 0.2) is 0 Å². The number of nitriles is 1. The van der Waals surface area contributed by atoms with Crippen LogP contribution in [0.15, 0.2) is 30.4 Å². The van der Waals surface area contributed by atoms with Crippen molar-refractivity contribution in [1.82, 2.24) is 25.2 Å². The Bertz CT molecular complexity index is 1810. The van der Waals surface area contributed by atoms with Crippen molar-refractivity contribution < 1.29 is 41.9 Å². The van der Waals surface area contributed by atoms with Crippen LogP contribution in [0, 0.1) is 17.2 Å². The quantitative estimate of drug-likeness (QED) is 0.377. The first kappa shape index (κ1) is 37.1. The molecular weight excluding hydrogens is 692 g/mol. The predicted molar refractivity (Wildman–Crippen MR) is 185 cm³/mol. The molecule has 0 radical (unpaired) electrons. The van der Waals surface area contributed by atoms with Crippen LogP contribution in [0.4, 0.5) is 9.59 Å². The SMILES string of the molecule is CC(C)(C)OC(=O)N[C@H]1CCCCC/C=C/[C@@H]2C[C@@]2(C(=O)NS(=O)(=O)C2CC2)NC(=O)[C@@H]2C[C@@H](OC(=O)N3Cc4ccc(C#N)cc4C3)CN2C1=O. The molecule has 5 aliphatic rings. The number of nitrogens with zero attached hydrogens (tertiary/aromatic N) is 3. The van der Waals surface area contributed by atoms with Crippen molar-refractivity contribution in [3.63, 3.8) is 0 Å². The van der Waals surface area contributed by atoms with Gasteiger partial charge in [0.1, 0.15) is 29.3 Å². The lowest BCUT2D eigenvalue weighted by Crippen LogP contribution is -2.58. The van der Waals surface area contributed by atoms with Gasteiger partial charge in [0, 0.05) is 25.4 Å². The first-order valence-electron chi connectivity index (χ1n) is 17.9. The van der Waals surface area contributed by atoms with Gasteiger partial charge in [-0.3, -0.25) is 24.0 Å². The zero-order valence-corrected chi connectivity index (χ0v) is 30.5. The largest absolute Gasteiger partial charge is 0.444 e. The minimum Gasteiger partial charge on any atom is -0.444 e. The van der Waals surface area contributed by atoms with Crippen LogP contribution in [-0.4, -0.2) is 89.2 Å². The van der Waals surface area contributed by atoms with Gasteiger partial charge in [0.05, 0.1) is 23.4 Å². The maximum absolute atomic E-state index is 14.3. The average molecular weight is 739 g/mol. The van der Waals surface area contributed by atoms with Crippen molar-refractivity contribution in [2.75, 3.05) is 6.54 Å². The Balaban J connectivity index is 1.24. The molecule has 3 heterocycles.